The molecule has 0 aliphatic heterocycles. The molecule has 3 aromatic rings. The van der Waals surface area contributed by atoms with Crippen molar-refractivity contribution >= 4 is 22.6 Å². The number of halogens is 1. The Balaban J connectivity index is 0.000000637. The largest absolute Gasteiger partial charge is 0.275 e. The molecule has 0 N–H and O–H groups in total. The molecule has 0 atom stereocenters. The van der Waals surface area contributed by atoms with Crippen LogP contribution in [-0.4, -0.2) is 19.7 Å². The summed E-state index contributed by atoms with van der Waals surface area (Å²) >= 11 is 6.20. The Hall–Kier alpha value is -1.94. The first kappa shape index (κ1) is 13.5. The second-order valence-corrected chi connectivity index (χ2v) is 4.15. The number of fused-ring (bicyclic) bond motifs is 1. The van der Waals surface area contributed by atoms with Gasteiger partial charge < -0.3 is 0 Å². The summed E-state index contributed by atoms with van der Waals surface area (Å²) in [6.07, 6.45) is 3.57. The normalized spacial score (nSPS) is 10.1. The predicted octanol–water partition coefficient (Wildman–Crippen LogP) is 3.71. The molecule has 0 saturated carbocycles. The number of aryl methyl sites for hydroxylation is 1. The molecular formula is C14H15ClN4. The van der Waals surface area contributed by atoms with E-state index in [0.29, 0.717) is 10.7 Å². The second-order valence-electron chi connectivity index (χ2n) is 3.74. The Morgan fingerprint density at radius 1 is 1.16 bits per heavy atom. The molecule has 0 unspecified atom stereocenters. The first-order valence-corrected chi connectivity index (χ1v) is 6.53. The third-order valence-corrected chi connectivity index (χ3v) is 2.82. The van der Waals surface area contributed by atoms with Gasteiger partial charge in [0.05, 0.1) is 10.7 Å². The molecule has 4 nitrogen and oxygen atoms in total. The van der Waals surface area contributed by atoms with Gasteiger partial charge in [-0.15, -0.1) is 0 Å². The van der Waals surface area contributed by atoms with E-state index in [0.717, 1.165) is 16.8 Å². The molecule has 19 heavy (non-hydrogen) atoms. The van der Waals surface area contributed by atoms with Gasteiger partial charge in [0.25, 0.3) is 0 Å². The molecule has 98 valence electrons. The molecular weight excluding hydrogens is 260 g/mol. The summed E-state index contributed by atoms with van der Waals surface area (Å²) in [6.45, 7) is 4.00. The van der Waals surface area contributed by atoms with Crippen molar-refractivity contribution in [1.82, 2.24) is 19.7 Å². The molecule has 0 fully saturated rings. The van der Waals surface area contributed by atoms with Gasteiger partial charge >= 0.3 is 0 Å². The topological polar surface area (TPSA) is 43.6 Å². The lowest BCUT2D eigenvalue weighted by atomic mass is 10.2. The molecule has 3 aromatic heterocycles. The molecule has 0 aliphatic carbocycles. The highest BCUT2D eigenvalue weighted by Gasteiger charge is 2.08. The Morgan fingerprint density at radius 3 is 2.63 bits per heavy atom. The van der Waals surface area contributed by atoms with E-state index in [1.165, 1.54) is 0 Å². The number of nitrogens with zero attached hydrogens (tertiary/aromatic N) is 4. The molecule has 0 bridgehead atoms. The smallest absolute Gasteiger partial charge is 0.161 e. The van der Waals surface area contributed by atoms with Crippen LogP contribution in [0.3, 0.4) is 0 Å². The van der Waals surface area contributed by atoms with Crippen molar-refractivity contribution in [3.05, 3.63) is 41.7 Å². The summed E-state index contributed by atoms with van der Waals surface area (Å²) in [5.74, 6) is 0. The quantitative estimate of drug-likeness (QED) is 0.679. The third kappa shape index (κ3) is 2.74. The summed E-state index contributed by atoms with van der Waals surface area (Å²) in [4.78, 5) is 8.65. The van der Waals surface area contributed by atoms with Crippen LogP contribution in [0.15, 0.2) is 36.7 Å². The number of rotatable bonds is 1. The summed E-state index contributed by atoms with van der Waals surface area (Å²) in [7, 11) is 1.87. The van der Waals surface area contributed by atoms with Crippen LogP contribution in [0.1, 0.15) is 13.8 Å². The molecule has 0 saturated heterocycles. The molecule has 0 aromatic carbocycles. The van der Waals surface area contributed by atoms with Gasteiger partial charge in [-0.2, -0.15) is 5.10 Å². The number of pyridine rings is 2. The van der Waals surface area contributed by atoms with E-state index in [1.807, 2.05) is 51.4 Å². The van der Waals surface area contributed by atoms with E-state index < -0.39 is 0 Å². The monoisotopic (exact) mass is 274 g/mol. The fraction of sp³-hybridized carbons (Fsp3) is 0.214. The van der Waals surface area contributed by atoms with Gasteiger partial charge in [0.2, 0.25) is 0 Å². The van der Waals surface area contributed by atoms with Gasteiger partial charge in [0.1, 0.15) is 5.69 Å². The fourth-order valence-corrected chi connectivity index (χ4v) is 1.95. The number of hydrogen-bond acceptors (Lipinski definition) is 3. The van der Waals surface area contributed by atoms with Crippen molar-refractivity contribution in [2.75, 3.05) is 0 Å². The van der Waals surface area contributed by atoms with Crippen molar-refractivity contribution in [1.29, 1.82) is 0 Å². The van der Waals surface area contributed by atoms with Crippen molar-refractivity contribution in [2.45, 2.75) is 13.8 Å². The minimum Gasteiger partial charge on any atom is -0.275 e. The van der Waals surface area contributed by atoms with Gasteiger partial charge in [-0.05, 0) is 24.3 Å². The first-order chi connectivity index (χ1) is 9.24. The van der Waals surface area contributed by atoms with Gasteiger partial charge in [-0.25, -0.2) is 9.97 Å². The van der Waals surface area contributed by atoms with Crippen molar-refractivity contribution < 1.29 is 0 Å². The summed E-state index contributed by atoms with van der Waals surface area (Å²) in [6, 6.07) is 7.46. The van der Waals surface area contributed by atoms with Gasteiger partial charge in [-0.3, -0.25) is 4.68 Å². The minimum atomic E-state index is 0.639. The Labute approximate surface area is 117 Å². The zero-order valence-electron chi connectivity index (χ0n) is 11.1. The van der Waals surface area contributed by atoms with Crippen LogP contribution in [0.5, 0.6) is 0 Å². The van der Waals surface area contributed by atoms with Crippen LogP contribution < -0.4 is 0 Å². The standard InChI is InChI=1S/C12H9ClN4.C2H6/c1-17-6-4-10(16-17)11-7-9(13)8-3-2-5-14-12(8)15-11;1-2/h2-7H,1H3;1-2H3. The maximum Gasteiger partial charge on any atom is 0.161 e. The highest BCUT2D eigenvalue weighted by Crippen LogP contribution is 2.25. The fourth-order valence-electron chi connectivity index (χ4n) is 1.70. The van der Waals surface area contributed by atoms with Gasteiger partial charge in [0.15, 0.2) is 5.65 Å². The van der Waals surface area contributed by atoms with Crippen LogP contribution in [0.2, 0.25) is 5.02 Å². The summed E-state index contributed by atoms with van der Waals surface area (Å²) < 4.78 is 1.73. The lowest BCUT2D eigenvalue weighted by Gasteiger charge is -2.01. The lowest BCUT2D eigenvalue weighted by Crippen LogP contribution is -1.91. The van der Waals surface area contributed by atoms with E-state index in [1.54, 1.807) is 10.9 Å². The SMILES string of the molecule is CC.Cn1ccc(-c2cc(Cl)c3cccnc3n2)n1. The van der Waals surface area contributed by atoms with E-state index >= 15 is 0 Å². The number of hydrogen-bond donors (Lipinski definition) is 0. The maximum absolute atomic E-state index is 6.20. The average molecular weight is 275 g/mol. The zero-order chi connectivity index (χ0) is 13.8. The van der Waals surface area contributed by atoms with Crippen LogP contribution in [0.25, 0.3) is 22.4 Å². The van der Waals surface area contributed by atoms with Gasteiger partial charge in [-0.1, -0.05) is 25.4 Å². The Bertz CT molecular complexity index is 691. The van der Waals surface area contributed by atoms with Crippen LogP contribution in [0, 0.1) is 0 Å². The lowest BCUT2D eigenvalue weighted by molar-refractivity contribution is 0.770. The Kier molecular flexibility index (Phi) is 4.12. The van der Waals surface area contributed by atoms with E-state index in [9.17, 15) is 0 Å². The van der Waals surface area contributed by atoms with Crippen molar-refractivity contribution in [2.24, 2.45) is 7.05 Å². The van der Waals surface area contributed by atoms with E-state index in [2.05, 4.69) is 15.1 Å². The van der Waals surface area contributed by atoms with Crippen LogP contribution in [0.4, 0.5) is 0 Å². The highest BCUT2D eigenvalue weighted by atomic mass is 35.5. The van der Waals surface area contributed by atoms with E-state index in [-0.39, 0.29) is 0 Å². The van der Waals surface area contributed by atoms with Crippen LogP contribution in [-0.2, 0) is 7.05 Å². The molecule has 0 radical (unpaired) electrons. The molecule has 0 amide bonds. The van der Waals surface area contributed by atoms with Gasteiger partial charge in [0, 0.05) is 24.8 Å². The van der Waals surface area contributed by atoms with Crippen molar-refractivity contribution in [3.63, 3.8) is 0 Å². The average Bonchev–Trinajstić information content (AvgIpc) is 2.88. The third-order valence-electron chi connectivity index (χ3n) is 2.51. The van der Waals surface area contributed by atoms with E-state index in [4.69, 9.17) is 11.6 Å². The first-order valence-electron chi connectivity index (χ1n) is 6.15. The summed E-state index contributed by atoms with van der Waals surface area (Å²) in [5, 5.41) is 5.79. The molecule has 3 heterocycles. The molecule has 0 aliphatic rings. The second kappa shape index (κ2) is 5.80. The highest BCUT2D eigenvalue weighted by molar-refractivity contribution is 6.35. The summed E-state index contributed by atoms with van der Waals surface area (Å²) in [5.41, 5.74) is 2.17. The maximum atomic E-state index is 6.20. The number of aromatic nitrogens is 4. The molecule has 0 spiro atoms. The molecule has 3 rings (SSSR count). The predicted molar refractivity (Wildman–Crippen MR) is 78.1 cm³/mol. The van der Waals surface area contributed by atoms with Crippen molar-refractivity contribution in [3.8, 4) is 11.4 Å². The van der Waals surface area contributed by atoms with Crippen LogP contribution >= 0.6 is 11.6 Å². The Morgan fingerprint density at radius 2 is 1.95 bits per heavy atom. The zero-order valence-corrected chi connectivity index (χ0v) is 11.9. The minimum absolute atomic E-state index is 0.639. The molecule has 5 heteroatoms.